The highest BCUT2D eigenvalue weighted by Gasteiger charge is 2.03. The van der Waals surface area contributed by atoms with Crippen molar-refractivity contribution < 1.29 is 9.47 Å². The van der Waals surface area contributed by atoms with Gasteiger partial charge in [0.25, 0.3) is 0 Å². The SMILES string of the molecule is c1ccc(COc2cc(OCc3ccccc3)nnn2)cc1. The minimum atomic E-state index is 0.391. The predicted octanol–water partition coefficient (Wildman–Crippen LogP) is 3.03. The molecule has 0 atom stereocenters. The fourth-order valence-corrected chi connectivity index (χ4v) is 1.88. The second-order valence-electron chi connectivity index (χ2n) is 4.66. The molecular weight excluding hydrogens is 278 g/mol. The molecule has 3 aromatic rings. The largest absolute Gasteiger partial charge is 0.472 e. The molecule has 0 saturated heterocycles. The third-order valence-electron chi connectivity index (χ3n) is 2.99. The Balaban J connectivity index is 1.58. The lowest BCUT2D eigenvalue weighted by molar-refractivity contribution is 0.265. The van der Waals surface area contributed by atoms with Crippen LogP contribution in [0.15, 0.2) is 66.7 Å². The maximum Gasteiger partial charge on any atom is 0.241 e. The normalized spacial score (nSPS) is 10.2. The van der Waals surface area contributed by atoms with Crippen LogP contribution < -0.4 is 9.47 Å². The summed E-state index contributed by atoms with van der Waals surface area (Å²) < 4.78 is 11.2. The van der Waals surface area contributed by atoms with Gasteiger partial charge < -0.3 is 9.47 Å². The standard InChI is InChI=1S/C17H15N3O2/c1-3-7-14(8-4-1)12-21-16-11-17(19-20-18-16)22-13-15-9-5-2-6-10-15/h1-11H,12-13H2. The van der Waals surface area contributed by atoms with Gasteiger partial charge in [0, 0.05) is 0 Å². The Morgan fingerprint density at radius 2 is 1.09 bits per heavy atom. The van der Waals surface area contributed by atoms with Crippen LogP contribution in [-0.2, 0) is 13.2 Å². The van der Waals surface area contributed by atoms with Crippen LogP contribution in [0.25, 0.3) is 0 Å². The van der Waals surface area contributed by atoms with Crippen LogP contribution in [0.5, 0.6) is 11.8 Å². The van der Waals surface area contributed by atoms with E-state index in [1.807, 2.05) is 60.7 Å². The minimum absolute atomic E-state index is 0.391. The van der Waals surface area contributed by atoms with Crippen molar-refractivity contribution in [2.24, 2.45) is 0 Å². The molecule has 0 spiro atoms. The Bertz CT molecular complexity index is 647. The molecule has 5 nitrogen and oxygen atoms in total. The molecule has 22 heavy (non-hydrogen) atoms. The molecule has 0 radical (unpaired) electrons. The van der Waals surface area contributed by atoms with Crippen molar-refractivity contribution in [2.75, 3.05) is 0 Å². The fraction of sp³-hybridized carbons (Fsp3) is 0.118. The second kappa shape index (κ2) is 7.17. The molecule has 110 valence electrons. The summed E-state index contributed by atoms with van der Waals surface area (Å²) in [7, 11) is 0. The maximum atomic E-state index is 5.59. The van der Waals surface area contributed by atoms with Gasteiger partial charge in [-0.3, -0.25) is 0 Å². The number of aromatic nitrogens is 3. The molecule has 2 aromatic carbocycles. The van der Waals surface area contributed by atoms with Gasteiger partial charge >= 0.3 is 0 Å². The van der Waals surface area contributed by atoms with Crippen molar-refractivity contribution in [3.8, 4) is 11.8 Å². The number of ether oxygens (including phenoxy) is 2. The Morgan fingerprint density at radius 1 is 0.636 bits per heavy atom. The quantitative estimate of drug-likeness (QED) is 0.699. The lowest BCUT2D eigenvalue weighted by Crippen LogP contribution is -2.02. The van der Waals surface area contributed by atoms with E-state index in [2.05, 4.69) is 15.4 Å². The molecule has 0 unspecified atom stereocenters. The smallest absolute Gasteiger partial charge is 0.241 e. The maximum absolute atomic E-state index is 5.59. The van der Waals surface area contributed by atoms with Crippen molar-refractivity contribution in [1.29, 1.82) is 0 Å². The number of nitrogens with zero attached hydrogens (tertiary/aromatic N) is 3. The number of hydrogen-bond acceptors (Lipinski definition) is 5. The summed E-state index contributed by atoms with van der Waals surface area (Å²) >= 11 is 0. The Hall–Kier alpha value is -2.95. The Labute approximate surface area is 128 Å². The van der Waals surface area contributed by atoms with E-state index in [4.69, 9.17) is 9.47 Å². The van der Waals surface area contributed by atoms with Gasteiger partial charge in [0.1, 0.15) is 13.2 Å². The van der Waals surface area contributed by atoms with Crippen molar-refractivity contribution in [3.63, 3.8) is 0 Å². The van der Waals surface area contributed by atoms with E-state index in [1.165, 1.54) is 0 Å². The summed E-state index contributed by atoms with van der Waals surface area (Å²) in [6.07, 6.45) is 0. The second-order valence-corrected chi connectivity index (χ2v) is 4.66. The predicted molar refractivity (Wildman–Crippen MR) is 81.4 cm³/mol. The van der Waals surface area contributed by atoms with Gasteiger partial charge in [-0.15, -0.1) is 0 Å². The lowest BCUT2D eigenvalue weighted by atomic mass is 10.2. The van der Waals surface area contributed by atoms with E-state index in [0.717, 1.165) is 11.1 Å². The minimum Gasteiger partial charge on any atom is -0.472 e. The zero-order valence-electron chi connectivity index (χ0n) is 11.9. The summed E-state index contributed by atoms with van der Waals surface area (Å²) in [5, 5.41) is 11.4. The van der Waals surface area contributed by atoms with Gasteiger partial charge in [0.2, 0.25) is 11.8 Å². The van der Waals surface area contributed by atoms with Gasteiger partial charge in [-0.25, -0.2) is 0 Å². The van der Waals surface area contributed by atoms with Gasteiger partial charge in [0.05, 0.1) is 6.07 Å². The first kappa shape index (κ1) is 14.0. The lowest BCUT2D eigenvalue weighted by Gasteiger charge is -2.07. The molecule has 5 heteroatoms. The zero-order chi connectivity index (χ0) is 15.0. The van der Waals surface area contributed by atoms with Gasteiger partial charge in [-0.2, -0.15) is 0 Å². The first-order chi connectivity index (χ1) is 10.9. The monoisotopic (exact) mass is 293 g/mol. The van der Waals surface area contributed by atoms with Crippen LogP contribution in [0.1, 0.15) is 11.1 Å². The van der Waals surface area contributed by atoms with Crippen molar-refractivity contribution in [2.45, 2.75) is 13.2 Å². The summed E-state index contributed by atoms with van der Waals surface area (Å²) in [6, 6.07) is 21.4. The van der Waals surface area contributed by atoms with Crippen molar-refractivity contribution in [3.05, 3.63) is 77.9 Å². The van der Waals surface area contributed by atoms with Crippen LogP contribution >= 0.6 is 0 Å². The van der Waals surface area contributed by atoms with Crippen LogP contribution in [-0.4, -0.2) is 15.4 Å². The number of rotatable bonds is 6. The first-order valence-electron chi connectivity index (χ1n) is 6.94. The van der Waals surface area contributed by atoms with Gasteiger partial charge in [0.15, 0.2) is 0 Å². The third-order valence-corrected chi connectivity index (χ3v) is 2.99. The van der Waals surface area contributed by atoms with Crippen LogP contribution in [0.4, 0.5) is 0 Å². The molecular formula is C17H15N3O2. The van der Waals surface area contributed by atoms with Crippen molar-refractivity contribution >= 4 is 0 Å². The van der Waals surface area contributed by atoms with Crippen LogP contribution in [0.3, 0.4) is 0 Å². The Kier molecular flexibility index (Phi) is 4.57. The summed E-state index contributed by atoms with van der Waals surface area (Å²) in [6.45, 7) is 0.856. The van der Waals surface area contributed by atoms with Gasteiger partial charge in [-0.1, -0.05) is 70.9 Å². The molecule has 0 fully saturated rings. The number of hydrogen-bond donors (Lipinski definition) is 0. The molecule has 3 rings (SSSR count). The van der Waals surface area contributed by atoms with E-state index in [1.54, 1.807) is 6.07 Å². The average Bonchev–Trinajstić information content (AvgIpc) is 2.60. The topological polar surface area (TPSA) is 57.1 Å². The molecule has 1 aromatic heterocycles. The van der Waals surface area contributed by atoms with E-state index >= 15 is 0 Å². The summed E-state index contributed by atoms with van der Waals surface area (Å²) in [5.41, 5.74) is 2.13. The average molecular weight is 293 g/mol. The molecule has 0 aliphatic heterocycles. The molecule has 0 amide bonds. The zero-order valence-corrected chi connectivity index (χ0v) is 11.9. The van der Waals surface area contributed by atoms with Crippen LogP contribution in [0.2, 0.25) is 0 Å². The molecule has 0 saturated carbocycles. The van der Waals surface area contributed by atoms with E-state index < -0.39 is 0 Å². The van der Waals surface area contributed by atoms with E-state index in [9.17, 15) is 0 Å². The fourth-order valence-electron chi connectivity index (χ4n) is 1.88. The molecule has 0 aliphatic carbocycles. The Morgan fingerprint density at radius 3 is 1.55 bits per heavy atom. The van der Waals surface area contributed by atoms with Gasteiger partial charge in [-0.05, 0) is 16.3 Å². The highest BCUT2D eigenvalue weighted by Crippen LogP contribution is 2.15. The number of benzene rings is 2. The molecule has 0 bridgehead atoms. The van der Waals surface area contributed by atoms with Crippen LogP contribution in [0, 0.1) is 0 Å². The van der Waals surface area contributed by atoms with Crippen molar-refractivity contribution in [1.82, 2.24) is 15.4 Å². The molecule has 1 heterocycles. The summed E-state index contributed by atoms with van der Waals surface area (Å²) in [5.74, 6) is 0.781. The summed E-state index contributed by atoms with van der Waals surface area (Å²) in [4.78, 5) is 0. The third kappa shape index (κ3) is 4.02. The highest BCUT2D eigenvalue weighted by molar-refractivity contribution is 5.19. The van der Waals surface area contributed by atoms with E-state index in [0.29, 0.717) is 25.0 Å². The molecule has 0 N–H and O–H groups in total. The first-order valence-corrected chi connectivity index (χ1v) is 6.94. The highest BCUT2D eigenvalue weighted by atomic mass is 16.5. The molecule has 0 aliphatic rings. The van der Waals surface area contributed by atoms with E-state index in [-0.39, 0.29) is 0 Å².